The van der Waals surface area contributed by atoms with Crippen LogP contribution in [0.2, 0.25) is 0 Å². The number of benzene rings is 2. The Kier molecular flexibility index (Phi) is 7.02. The normalized spacial score (nSPS) is 14.3. The standard InChI is InChI=1S/C24H29N3O2S2/c1-17-6-11-21-23(18(17)2)25-24(31-21)27-14-12-26(13-15-27)22(28)5-4-16-30-20-9-7-19(29-3)8-10-20/h6-11H,4-5,12-16H2,1-3H3. The Morgan fingerprint density at radius 3 is 2.55 bits per heavy atom. The molecule has 3 aromatic rings. The van der Waals surface area contributed by atoms with Gasteiger partial charge in [-0.3, -0.25) is 4.79 Å². The van der Waals surface area contributed by atoms with Crippen LogP contribution in [-0.2, 0) is 4.79 Å². The first kappa shape index (κ1) is 22.0. The second-order valence-electron chi connectivity index (χ2n) is 7.85. The molecule has 0 atom stereocenters. The Balaban J connectivity index is 1.23. The van der Waals surface area contributed by atoms with Gasteiger partial charge in [-0.15, -0.1) is 11.8 Å². The van der Waals surface area contributed by atoms with Crippen molar-refractivity contribution in [2.24, 2.45) is 0 Å². The second-order valence-corrected chi connectivity index (χ2v) is 10.0. The Hall–Kier alpha value is -2.25. The fourth-order valence-corrected chi connectivity index (χ4v) is 5.67. The molecule has 31 heavy (non-hydrogen) atoms. The van der Waals surface area contributed by atoms with Gasteiger partial charge in [0.15, 0.2) is 5.13 Å². The zero-order valence-corrected chi connectivity index (χ0v) is 20.0. The lowest BCUT2D eigenvalue weighted by molar-refractivity contribution is -0.131. The predicted molar refractivity (Wildman–Crippen MR) is 131 cm³/mol. The molecule has 0 aliphatic carbocycles. The van der Waals surface area contributed by atoms with E-state index >= 15 is 0 Å². The molecular formula is C24H29N3O2S2. The molecular weight excluding hydrogens is 426 g/mol. The minimum absolute atomic E-state index is 0.269. The first-order valence-corrected chi connectivity index (χ1v) is 12.5. The summed E-state index contributed by atoms with van der Waals surface area (Å²) in [4.78, 5) is 23.1. The fourth-order valence-electron chi connectivity index (χ4n) is 3.74. The van der Waals surface area contributed by atoms with E-state index in [4.69, 9.17) is 9.72 Å². The van der Waals surface area contributed by atoms with Crippen LogP contribution in [0.5, 0.6) is 5.75 Å². The number of hydrogen-bond acceptors (Lipinski definition) is 6. The van der Waals surface area contributed by atoms with Crippen molar-refractivity contribution in [1.29, 1.82) is 0 Å². The van der Waals surface area contributed by atoms with E-state index in [0.717, 1.165) is 54.8 Å². The first-order chi connectivity index (χ1) is 15.0. The fraction of sp³-hybridized carbons (Fsp3) is 0.417. The maximum atomic E-state index is 12.6. The highest BCUT2D eigenvalue weighted by molar-refractivity contribution is 7.99. The van der Waals surface area contributed by atoms with Crippen LogP contribution in [0.1, 0.15) is 24.0 Å². The Morgan fingerprint density at radius 2 is 1.84 bits per heavy atom. The quantitative estimate of drug-likeness (QED) is 0.364. The monoisotopic (exact) mass is 455 g/mol. The Labute approximate surface area is 192 Å². The average Bonchev–Trinajstić information content (AvgIpc) is 3.25. The number of carbonyl (C=O) groups excluding carboxylic acids is 1. The molecule has 0 unspecified atom stereocenters. The van der Waals surface area contributed by atoms with Gasteiger partial charge in [-0.25, -0.2) is 4.98 Å². The highest BCUT2D eigenvalue weighted by Gasteiger charge is 2.23. The molecule has 164 valence electrons. The van der Waals surface area contributed by atoms with Gasteiger partial charge in [0, 0.05) is 37.5 Å². The zero-order valence-electron chi connectivity index (χ0n) is 18.4. The van der Waals surface area contributed by atoms with Gasteiger partial charge in [-0.2, -0.15) is 0 Å². The average molecular weight is 456 g/mol. The van der Waals surface area contributed by atoms with Crippen molar-refractivity contribution >= 4 is 44.4 Å². The highest BCUT2D eigenvalue weighted by Crippen LogP contribution is 2.32. The lowest BCUT2D eigenvalue weighted by atomic mass is 10.1. The van der Waals surface area contributed by atoms with Crippen LogP contribution in [0.25, 0.3) is 10.2 Å². The number of fused-ring (bicyclic) bond motifs is 1. The molecule has 0 bridgehead atoms. The SMILES string of the molecule is COc1ccc(SCCCC(=O)N2CCN(c3nc4c(C)c(C)ccc4s3)CC2)cc1. The second kappa shape index (κ2) is 9.92. The van der Waals surface area contributed by atoms with Crippen molar-refractivity contribution in [1.82, 2.24) is 9.88 Å². The number of ether oxygens (including phenoxy) is 1. The number of amides is 1. The summed E-state index contributed by atoms with van der Waals surface area (Å²) in [7, 11) is 1.67. The molecule has 5 nitrogen and oxygen atoms in total. The third kappa shape index (κ3) is 5.15. The van der Waals surface area contributed by atoms with Crippen molar-refractivity contribution in [3.63, 3.8) is 0 Å². The third-order valence-corrected chi connectivity index (χ3v) is 8.02. The van der Waals surface area contributed by atoms with Gasteiger partial charge in [0.2, 0.25) is 5.91 Å². The smallest absolute Gasteiger partial charge is 0.222 e. The van der Waals surface area contributed by atoms with E-state index < -0.39 is 0 Å². The topological polar surface area (TPSA) is 45.7 Å². The molecule has 2 aromatic carbocycles. The molecule has 1 aliphatic rings. The van der Waals surface area contributed by atoms with Gasteiger partial charge >= 0.3 is 0 Å². The van der Waals surface area contributed by atoms with Crippen LogP contribution in [0.15, 0.2) is 41.3 Å². The number of anilines is 1. The number of hydrogen-bond donors (Lipinski definition) is 0. The zero-order chi connectivity index (χ0) is 21.8. The lowest BCUT2D eigenvalue weighted by Crippen LogP contribution is -2.48. The summed E-state index contributed by atoms with van der Waals surface area (Å²) in [6.45, 7) is 7.53. The third-order valence-electron chi connectivity index (χ3n) is 5.84. The van der Waals surface area contributed by atoms with E-state index in [1.54, 1.807) is 30.2 Å². The number of rotatable bonds is 7. The van der Waals surface area contributed by atoms with Crippen LogP contribution >= 0.6 is 23.1 Å². The van der Waals surface area contributed by atoms with E-state index in [9.17, 15) is 4.79 Å². The van der Waals surface area contributed by atoms with E-state index in [1.807, 2.05) is 17.0 Å². The Bertz CT molecular complexity index is 1040. The maximum Gasteiger partial charge on any atom is 0.222 e. The maximum absolute atomic E-state index is 12.6. The Morgan fingerprint density at radius 1 is 1.10 bits per heavy atom. The summed E-state index contributed by atoms with van der Waals surface area (Å²) in [6, 6.07) is 12.4. The summed E-state index contributed by atoms with van der Waals surface area (Å²) in [5.41, 5.74) is 3.67. The van der Waals surface area contributed by atoms with Crippen LogP contribution in [0.4, 0.5) is 5.13 Å². The van der Waals surface area contributed by atoms with Gasteiger partial charge < -0.3 is 14.5 Å². The molecule has 0 radical (unpaired) electrons. The number of carbonyl (C=O) groups is 1. The van der Waals surface area contributed by atoms with E-state index in [-0.39, 0.29) is 5.91 Å². The number of methoxy groups -OCH3 is 1. The summed E-state index contributed by atoms with van der Waals surface area (Å²) < 4.78 is 6.43. The van der Waals surface area contributed by atoms with Crippen LogP contribution in [0, 0.1) is 13.8 Å². The van der Waals surface area contributed by atoms with Crippen molar-refractivity contribution in [2.75, 3.05) is 43.9 Å². The molecule has 1 fully saturated rings. The first-order valence-electron chi connectivity index (χ1n) is 10.7. The number of piperazine rings is 1. The van der Waals surface area contributed by atoms with Gasteiger partial charge in [-0.05, 0) is 67.5 Å². The predicted octanol–water partition coefficient (Wildman–Crippen LogP) is 5.14. The minimum atomic E-state index is 0.269. The molecule has 2 heterocycles. The lowest BCUT2D eigenvalue weighted by Gasteiger charge is -2.34. The van der Waals surface area contributed by atoms with Gasteiger partial charge in [0.05, 0.1) is 17.3 Å². The molecule has 1 aliphatic heterocycles. The van der Waals surface area contributed by atoms with E-state index in [1.165, 1.54) is 20.7 Å². The number of aromatic nitrogens is 1. The molecule has 1 amide bonds. The molecule has 0 N–H and O–H groups in total. The molecule has 0 saturated carbocycles. The molecule has 1 saturated heterocycles. The molecule has 7 heteroatoms. The largest absolute Gasteiger partial charge is 0.497 e. The van der Waals surface area contributed by atoms with Gasteiger partial charge in [-0.1, -0.05) is 17.4 Å². The van der Waals surface area contributed by atoms with Crippen molar-refractivity contribution < 1.29 is 9.53 Å². The molecule has 0 spiro atoms. The van der Waals surface area contributed by atoms with Crippen molar-refractivity contribution in [3.8, 4) is 5.75 Å². The summed E-state index contributed by atoms with van der Waals surface area (Å²) in [6.07, 6.45) is 1.51. The van der Waals surface area contributed by atoms with E-state index in [0.29, 0.717) is 6.42 Å². The van der Waals surface area contributed by atoms with Crippen LogP contribution in [0.3, 0.4) is 0 Å². The van der Waals surface area contributed by atoms with Crippen molar-refractivity contribution in [3.05, 3.63) is 47.5 Å². The summed E-state index contributed by atoms with van der Waals surface area (Å²) in [5, 5.41) is 1.08. The molecule has 4 rings (SSSR count). The summed E-state index contributed by atoms with van der Waals surface area (Å²) >= 11 is 3.54. The highest BCUT2D eigenvalue weighted by atomic mass is 32.2. The van der Waals surface area contributed by atoms with Gasteiger partial charge in [0.25, 0.3) is 0 Å². The van der Waals surface area contributed by atoms with Gasteiger partial charge in [0.1, 0.15) is 5.75 Å². The van der Waals surface area contributed by atoms with Crippen LogP contribution < -0.4 is 9.64 Å². The summed E-state index contributed by atoms with van der Waals surface area (Å²) in [5.74, 6) is 2.09. The van der Waals surface area contributed by atoms with E-state index in [2.05, 4.69) is 43.0 Å². The number of nitrogens with zero attached hydrogens (tertiary/aromatic N) is 3. The molecule has 1 aromatic heterocycles. The number of thiazole rings is 1. The number of aryl methyl sites for hydroxylation is 2. The van der Waals surface area contributed by atoms with Crippen molar-refractivity contribution in [2.45, 2.75) is 31.6 Å². The van der Waals surface area contributed by atoms with Crippen LogP contribution in [-0.4, -0.2) is 54.8 Å². The number of thioether (sulfide) groups is 1. The minimum Gasteiger partial charge on any atom is -0.497 e.